The van der Waals surface area contributed by atoms with E-state index in [9.17, 15) is 18.0 Å². The number of alkyl halides is 3. The molecule has 0 heterocycles. The molecule has 0 saturated heterocycles. The summed E-state index contributed by atoms with van der Waals surface area (Å²) in [4.78, 5) is 11.8. The number of benzene rings is 1. The van der Waals surface area contributed by atoms with Gasteiger partial charge in [-0.15, -0.1) is 0 Å². The van der Waals surface area contributed by atoms with Crippen molar-refractivity contribution in [1.82, 2.24) is 0 Å². The van der Waals surface area contributed by atoms with Crippen molar-refractivity contribution in [3.05, 3.63) is 35.9 Å². The van der Waals surface area contributed by atoms with Gasteiger partial charge in [0.25, 0.3) is 0 Å². The lowest BCUT2D eigenvalue weighted by atomic mass is 9.86. The largest absolute Gasteiger partial charge is 0.465 e. The monoisotopic (exact) mass is 283 g/mol. The standard InChI is InChI=1S/C14H12F3NO2/c1-2-20-11(19)12(9-18)8-13(12,14(15,16)17)10-6-4-3-5-7-10/h3-7H,2,8H2,1H3/t12-,13-/m1/s1. The van der Waals surface area contributed by atoms with Crippen LogP contribution in [0.4, 0.5) is 13.2 Å². The van der Waals surface area contributed by atoms with Crippen molar-refractivity contribution >= 4 is 5.97 Å². The van der Waals surface area contributed by atoms with Crippen molar-refractivity contribution in [3.63, 3.8) is 0 Å². The summed E-state index contributed by atoms with van der Waals surface area (Å²) in [6.45, 7) is 1.42. The molecule has 1 aromatic rings. The molecular weight excluding hydrogens is 271 g/mol. The van der Waals surface area contributed by atoms with Crippen LogP contribution in [0.2, 0.25) is 0 Å². The molecule has 1 aliphatic rings. The molecule has 2 rings (SSSR count). The molecule has 0 aliphatic heterocycles. The highest BCUT2D eigenvalue weighted by atomic mass is 19.4. The summed E-state index contributed by atoms with van der Waals surface area (Å²) in [6.07, 6.45) is -5.29. The molecule has 6 heteroatoms. The highest BCUT2D eigenvalue weighted by Gasteiger charge is 2.85. The number of esters is 1. The van der Waals surface area contributed by atoms with E-state index in [-0.39, 0.29) is 12.2 Å². The molecule has 0 N–H and O–H groups in total. The van der Waals surface area contributed by atoms with Gasteiger partial charge in [0.1, 0.15) is 5.41 Å². The van der Waals surface area contributed by atoms with E-state index >= 15 is 0 Å². The number of carbonyl (C=O) groups is 1. The molecule has 0 aromatic heterocycles. The van der Waals surface area contributed by atoms with Crippen LogP contribution in [-0.2, 0) is 14.9 Å². The van der Waals surface area contributed by atoms with E-state index in [0.717, 1.165) is 0 Å². The molecule has 3 nitrogen and oxygen atoms in total. The van der Waals surface area contributed by atoms with Gasteiger partial charge in [0, 0.05) is 0 Å². The minimum Gasteiger partial charge on any atom is -0.465 e. The topological polar surface area (TPSA) is 50.1 Å². The lowest BCUT2D eigenvalue weighted by Crippen LogP contribution is -2.38. The van der Waals surface area contributed by atoms with Crippen LogP contribution in [-0.4, -0.2) is 18.8 Å². The van der Waals surface area contributed by atoms with Crippen molar-refractivity contribution in [2.24, 2.45) is 5.41 Å². The molecule has 0 spiro atoms. The molecule has 0 amide bonds. The first-order chi connectivity index (χ1) is 9.35. The molecule has 1 saturated carbocycles. The van der Waals surface area contributed by atoms with E-state index in [1.54, 1.807) is 6.07 Å². The molecule has 0 unspecified atom stereocenters. The SMILES string of the molecule is CCOC(=O)[C@]1(C#N)C[C@]1(c1ccccc1)C(F)(F)F. The minimum atomic E-state index is -4.70. The highest BCUT2D eigenvalue weighted by molar-refractivity contribution is 5.88. The Labute approximate surface area is 114 Å². The van der Waals surface area contributed by atoms with Gasteiger partial charge in [0.15, 0.2) is 5.41 Å². The summed E-state index contributed by atoms with van der Waals surface area (Å²) in [7, 11) is 0. The summed E-state index contributed by atoms with van der Waals surface area (Å²) in [6, 6.07) is 8.59. The molecule has 0 bridgehead atoms. The lowest BCUT2D eigenvalue weighted by molar-refractivity contribution is -0.177. The molecule has 2 atom stereocenters. The van der Waals surface area contributed by atoms with Gasteiger partial charge in [0.2, 0.25) is 0 Å². The molecule has 106 valence electrons. The van der Waals surface area contributed by atoms with Gasteiger partial charge in [-0.05, 0) is 18.9 Å². The molecule has 1 aromatic carbocycles. The van der Waals surface area contributed by atoms with E-state index < -0.39 is 29.4 Å². The van der Waals surface area contributed by atoms with Crippen LogP contribution in [0.25, 0.3) is 0 Å². The van der Waals surface area contributed by atoms with Crippen LogP contribution in [0.5, 0.6) is 0 Å². The average Bonchev–Trinajstić information content (AvgIpc) is 3.12. The fraction of sp³-hybridized carbons (Fsp3) is 0.429. The normalized spacial score (nSPS) is 28.6. The first kappa shape index (κ1) is 14.4. The Hall–Kier alpha value is -2.03. The maximum absolute atomic E-state index is 13.5. The number of ether oxygens (including phenoxy) is 1. The Kier molecular flexibility index (Phi) is 3.24. The van der Waals surface area contributed by atoms with Gasteiger partial charge in [-0.2, -0.15) is 18.4 Å². The number of rotatable bonds is 3. The molecule has 0 radical (unpaired) electrons. The predicted octanol–water partition coefficient (Wildman–Crippen LogP) is 2.96. The summed E-state index contributed by atoms with van der Waals surface area (Å²) >= 11 is 0. The van der Waals surface area contributed by atoms with Crippen molar-refractivity contribution < 1.29 is 22.7 Å². The van der Waals surface area contributed by atoms with Gasteiger partial charge in [0.05, 0.1) is 12.7 Å². The Morgan fingerprint density at radius 2 is 2.00 bits per heavy atom. The van der Waals surface area contributed by atoms with E-state index in [2.05, 4.69) is 4.74 Å². The third-order valence-electron chi connectivity index (χ3n) is 3.70. The lowest BCUT2D eigenvalue weighted by Gasteiger charge is -2.23. The van der Waals surface area contributed by atoms with Crippen LogP contribution in [0.1, 0.15) is 18.9 Å². The van der Waals surface area contributed by atoms with E-state index in [1.165, 1.54) is 37.3 Å². The van der Waals surface area contributed by atoms with Crippen LogP contribution in [0.3, 0.4) is 0 Å². The van der Waals surface area contributed by atoms with E-state index in [1.807, 2.05) is 0 Å². The number of nitriles is 1. The Morgan fingerprint density at radius 1 is 1.40 bits per heavy atom. The quantitative estimate of drug-likeness (QED) is 0.801. The Bertz CT molecular complexity index is 564. The molecule has 1 aliphatic carbocycles. The summed E-state index contributed by atoms with van der Waals surface area (Å²) in [5.41, 5.74) is -4.73. The summed E-state index contributed by atoms with van der Waals surface area (Å²) in [5, 5.41) is 9.16. The second-order valence-corrected chi connectivity index (χ2v) is 4.68. The summed E-state index contributed by atoms with van der Waals surface area (Å²) in [5.74, 6) is -1.11. The highest BCUT2D eigenvalue weighted by Crippen LogP contribution is 2.71. The fourth-order valence-electron chi connectivity index (χ4n) is 2.61. The zero-order chi connectivity index (χ0) is 15.0. The molecular formula is C14H12F3NO2. The van der Waals surface area contributed by atoms with Gasteiger partial charge < -0.3 is 4.74 Å². The van der Waals surface area contributed by atoms with Crippen LogP contribution in [0, 0.1) is 16.7 Å². The second-order valence-electron chi connectivity index (χ2n) is 4.68. The van der Waals surface area contributed by atoms with Crippen LogP contribution >= 0.6 is 0 Å². The average molecular weight is 283 g/mol. The fourth-order valence-corrected chi connectivity index (χ4v) is 2.61. The zero-order valence-electron chi connectivity index (χ0n) is 10.7. The van der Waals surface area contributed by atoms with E-state index in [0.29, 0.717) is 0 Å². The maximum Gasteiger partial charge on any atom is 0.400 e. The van der Waals surface area contributed by atoms with E-state index in [4.69, 9.17) is 5.26 Å². The number of nitrogens with zero attached hydrogens (tertiary/aromatic N) is 1. The summed E-state index contributed by atoms with van der Waals surface area (Å²) < 4.78 is 45.2. The van der Waals surface area contributed by atoms with Gasteiger partial charge in [-0.3, -0.25) is 4.79 Å². The van der Waals surface area contributed by atoms with Crippen molar-refractivity contribution in [2.45, 2.75) is 24.9 Å². The van der Waals surface area contributed by atoms with Crippen LogP contribution < -0.4 is 0 Å². The molecule has 20 heavy (non-hydrogen) atoms. The number of halogens is 3. The van der Waals surface area contributed by atoms with Crippen LogP contribution in [0.15, 0.2) is 30.3 Å². The minimum absolute atomic E-state index is 0.0645. The maximum atomic E-state index is 13.5. The van der Waals surface area contributed by atoms with Gasteiger partial charge in [-0.25, -0.2) is 0 Å². The number of hydrogen-bond acceptors (Lipinski definition) is 3. The van der Waals surface area contributed by atoms with Crippen molar-refractivity contribution in [2.75, 3.05) is 6.61 Å². The zero-order valence-corrected chi connectivity index (χ0v) is 10.7. The smallest absolute Gasteiger partial charge is 0.400 e. The second kappa shape index (κ2) is 4.51. The molecule has 1 fully saturated rings. The Morgan fingerprint density at radius 3 is 2.45 bits per heavy atom. The van der Waals surface area contributed by atoms with Crippen molar-refractivity contribution in [3.8, 4) is 6.07 Å². The first-order valence-corrected chi connectivity index (χ1v) is 6.06. The Balaban J connectivity index is 2.55. The predicted molar refractivity (Wildman–Crippen MR) is 63.5 cm³/mol. The third-order valence-corrected chi connectivity index (χ3v) is 3.70. The van der Waals surface area contributed by atoms with Crippen molar-refractivity contribution in [1.29, 1.82) is 5.26 Å². The van der Waals surface area contributed by atoms with Gasteiger partial charge >= 0.3 is 12.1 Å². The first-order valence-electron chi connectivity index (χ1n) is 6.06. The third kappa shape index (κ3) is 1.69. The number of hydrogen-bond donors (Lipinski definition) is 0. The van der Waals surface area contributed by atoms with Gasteiger partial charge in [-0.1, -0.05) is 30.3 Å². The number of carbonyl (C=O) groups excluding carboxylic acids is 1.